The fourth-order valence-corrected chi connectivity index (χ4v) is 2.74. The summed E-state index contributed by atoms with van der Waals surface area (Å²) in [7, 11) is 0. The molecule has 0 heterocycles. The zero-order valence-electron chi connectivity index (χ0n) is 10.3. The molecule has 88 valence electrons. The van der Waals surface area contributed by atoms with Crippen molar-refractivity contribution in [3.63, 3.8) is 0 Å². The van der Waals surface area contributed by atoms with Crippen molar-refractivity contribution in [2.24, 2.45) is 0 Å². The van der Waals surface area contributed by atoms with Gasteiger partial charge in [0.2, 0.25) is 0 Å². The van der Waals surface area contributed by atoms with Crippen LogP contribution in [0.15, 0.2) is 0 Å². The molecular formula is C13H25NO. The molecule has 2 heteroatoms. The van der Waals surface area contributed by atoms with E-state index >= 15 is 0 Å². The molecular weight excluding hydrogens is 186 g/mol. The van der Waals surface area contributed by atoms with Gasteiger partial charge in [0.1, 0.15) is 0 Å². The number of rotatable bonds is 4. The van der Waals surface area contributed by atoms with Gasteiger partial charge in [0, 0.05) is 6.42 Å². The fourth-order valence-electron chi connectivity index (χ4n) is 2.74. The molecule has 1 rings (SSSR count). The average Bonchev–Trinajstić information content (AvgIpc) is 2.21. The number of carbonyl (C=O) groups excluding carboxylic acids is 1. The van der Waals surface area contributed by atoms with E-state index < -0.39 is 0 Å². The Hall–Kier alpha value is -0.370. The van der Waals surface area contributed by atoms with Crippen LogP contribution in [0.1, 0.15) is 65.2 Å². The Morgan fingerprint density at radius 2 is 1.60 bits per heavy atom. The largest absolute Gasteiger partial charge is 0.305 e. The minimum absolute atomic E-state index is 0.177. The molecule has 15 heavy (non-hydrogen) atoms. The van der Waals surface area contributed by atoms with E-state index in [1.165, 1.54) is 32.1 Å². The number of carbonyl (C=O) groups is 1. The second kappa shape index (κ2) is 6.26. The Morgan fingerprint density at radius 1 is 1.07 bits per heavy atom. The van der Waals surface area contributed by atoms with Gasteiger partial charge in [0.25, 0.3) is 0 Å². The topological polar surface area (TPSA) is 29.1 Å². The van der Waals surface area contributed by atoms with Gasteiger partial charge in [-0.05, 0) is 19.4 Å². The highest BCUT2D eigenvalue weighted by molar-refractivity contribution is 5.88. The van der Waals surface area contributed by atoms with Crippen LogP contribution in [-0.2, 0) is 4.79 Å². The molecule has 1 aliphatic carbocycles. The molecule has 0 amide bonds. The van der Waals surface area contributed by atoms with Crippen molar-refractivity contribution >= 4 is 5.78 Å². The molecule has 1 aliphatic rings. The van der Waals surface area contributed by atoms with E-state index in [2.05, 4.69) is 12.2 Å². The third-order valence-electron chi connectivity index (χ3n) is 3.58. The van der Waals surface area contributed by atoms with Gasteiger partial charge in [-0.3, -0.25) is 4.79 Å². The van der Waals surface area contributed by atoms with Gasteiger partial charge in [-0.2, -0.15) is 0 Å². The van der Waals surface area contributed by atoms with Gasteiger partial charge in [-0.25, -0.2) is 0 Å². The first-order valence-corrected chi connectivity index (χ1v) is 6.53. The van der Waals surface area contributed by atoms with Gasteiger partial charge in [-0.15, -0.1) is 0 Å². The smallest absolute Gasteiger partial charge is 0.152 e. The number of nitrogens with one attached hydrogen (secondary N) is 1. The second-order valence-electron chi connectivity index (χ2n) is 4.66. The number of hydrogen-bond acceptors (Lipinski definition) is 2. The van der Waals surface area contributed by atoms with Crippen molar-refractivity contribution < 1.29 is 4.79 Å². The van der Waals surface area contributed by atoms with Gasteiger partial charge in [0.15, 0.2) is 5.78 Å². The molecule has 1 fully saturated rings. The summed E-state index contributed by atoms with van der Waals surface area (Å²) in [5.41, 5.74) is -0.177. The van der Waals surface area contributed by atoms with Crippen LogP contribution in [0, 0.1) is 0 Å². The zero-order valence-corrected chi connectivity index (χ0v) is 10.3. The molecule has 0 aromatic heterocycles. The summed E-state index contributed by atoms with van der Waals surface area (Å²) in [5.74, 6) is 0.422. The Labute approximate surface area is 93.8 Å². The standard InChI is InChI=1S/C13H25NO/c1-3-12(15)13(14-4-2)10-8-6-5-7-9-11-13/h14H,3-11H2,1-2H3. The highest BCUT2D eigenvalue weighted by Gasteiger charge is 2.35. The van der Waals surface area contributed by atoms with E-state index in [1.807, 2.05) is 6.92 Å². The monoisotopic (exact) mass is 211 g/mol. The van der Waals surface area contributed by atoms with E-state index in [1.54, 1.807) is 0 Å². The Balaban J connectivity index is 2.70. The summed E-state index contributed by atoms with van der Waals surface area (Å²) in [6.45, 7) is 5.00. The molecule has 0 unspecified atom stereocenters. The van der Waals surface area contributed by atoms with Gasteiger partial charge >= 0.3 is 0 Å². The number of likely N-dealkylation sites (N-methyl/N-ethyl adjacent to an activating group) is 1. The van der Waals surface area contributed by atoms with E-state index in [0.29, 0.717) is 12.2 Å². The molecule has 1 N–H and O–H groups in total. The summed E-state index contributed by atoms with van der Waals surface area (Å²) in [6.07, 6.45) is 9.13. The third kappa shape index (κ3) is 3.30. The summed E-state index contributed by atoms with van der Waals surface area (Å²) < 4.78 is 0. The van der Waals surface area contributed by atoms with Crippen LogP contribution >= 0.6 is 0 Å². The molecule has 0 atom stereocenters. The maximum absolute atomic E-state index is 12.1. The Morgan fingerprint density at radius 3 is 2.07 bits per heavy atom. The normalized spacial score (nSPS) is 21.7. The lowest BCUT2D eigenvalue weighted by atomic mass is 9.80. The lowest BCUT2D eigenvalue weighted by Gasteiger charge is -2.34. The number of hydrogen-bond donors (Lipinski definition) is 1. The molecule has 0 aromatic rings. The zero-order chi connectivity index (χ0) is 11.1. The summed E-state index contributed by atoms with van der Waals surface area (Å²) in [5, 5.41) is 3.47. The predicted octanol–water partition coefficient (Wildman–Crippen LogP) is 3.06. The SMILES string of the molecule is CCNC1(C(=O)CC)CCCCCCC1. The average molecular weight is 211 g/mol. The Kier molecular flexibility index (Phi) is 5.30. The lowest BCUT2D eigenvalue weighted by Crippen LogP contribution is -2.52. The van der Waals surface area contributed by atoms with Gasteiger partial charge in [0.05, 0.1) is 5.54 Å². The minimum atomic E-state index is -0.177. The van der Waals surface area contributed by atoms with Crippen LogP contribution in [-0.4, -0.2) is 17.9 Å². The van der Waals surface area contributed by atoms with E-state index in [4.69, 9.17) is 0 Å². The van der Waals surface area contributed by atoms with Crippen LogP contribution in [0.2, 0.25) is 0 Å². The van der Waals surface area contributed by atoms with E-state index in [0.717, 1.165) is 19.4 Å². The molecule has 1 saturated carbocycles. The van der Waals surface area contributed by atoms with Crippen LogP contribution in [0.25, 0.3) is 0 Å². The quantitative estimate of drug-likeness (QED) is 0.774. The van der Waals surface area contributed by atoms with Crippen LogP contribution in [0.4, 0.5) is 0 Å². The Bertz CT molecular complexity index is 193. The van der Waals surface area contributed by atoms with Crippen LogP contribution in [0.5, 0.6) is 0 Å². The van der Waals surface area contributed by atoms with Crippen LogP contribution < -0.4 is 5.32 Å². The first-order chi connectivity index (χ1) is 7.25. The first kappa shape index (κ1) is 12.7. The van der Waals surface area contributed by atoms with Crippen molar-refractivity contribution in [3.05, 3.63) is 0 Å². The molecule has 0 bridgehead atoms. The molecule has 0 aliphatic heterocycles. The number of ketones is 1. The molecule has 0 aromatic carbocycles. The fraction of sp³-hybridized carbons (Fsp3) is 0.923. The molecule has 0 radical (unpaired) electrons. The molecule has 0 spiro atoms. The van der Waals surface area contributed by atoms with E-state index in [-0.39, 0.29) is 5.54 Å². The van der Waals surface area contributed by atoms with Crippen molar-refractivity contribution in [2.45, 2.75) is 70.8 Å². The second-order valence-corrected chi connectivity index (χ2v) is 4.66. The maximum Gasteiger partial charge on any atom is 0.152 e. The van der Waals surface area contributed by atoms with Crippen LogP contribution in [0.3, 0.4) is 0 Å². The summed E-state index contributed by atoms with van der Waals surface area (Å²) in [4.78, 5) is 12.1. The highest BCUT2D eigenvalue weighted by atomic mass is 16.1. The van der Waals surface area contributed by atoms with Crippen molar-refractivity contribution in [1.29, 1.82) is 0 Å². The van der Waals surface area contributed by atoms with Gasteiger partial charge in [-0.1, -0.05) is 46.0 Å². The van der Waals surface area contributed by atoms with E-state index in [9.17, 15) is 4.79 Å². The third-order valence-corrected chi connectivity index (χ3v) is 3.58. The summed E-state index contributed by atoms with van der Waals surface area (Å²) in [6, 6.07) is 0. The summed E-state index contributed by atoms with van der Waals surface area (Å²) >= 11 is 0. The van der Waals surface area contributed by atoms with Crippen molar-refractivity contribution in [3.8, 4) is 0 Å². The lowest BCUT2D eigenvalue weighted by molar-refractivity contribution is -0.126. The van der Waals surface area contributed by atoms with Crippen molar-refractivity contribution in [2.75, 3.05) is 6.54 Å². The molecule has 0 saturated heterocycles. The predicted molar refractivity (Wildman–Crippen MR) is 64.0 cm³/mol. The van der Waals surface area contributed by atoms with Crippen molar-refractivity contribution in [1.82, 2.24) is 5.32 Å². The first-order valence-electron chi connectivity index (χ1n) is 6.53. The van der Waals surface area contributed by atoms with Gasteiger partial charge < -0.3 is 5.32 Å². The minimum Gasteiger partial charge on any atom is -0.305 e. The maximum atomic E-state index is 12.1. The highest BCUT2D eigenvalue weighted by Crippen LogP contribution is 2.28. The molecule has 2 nitrogen and oxygen atoms in total. The number of Topliss-reactive ketones (excluding diaryl/α,β-unsaturated/α-hetero) is 1.